The van der Waals surface area contributed by atoms with Crippen LogP contribution in [0.25, 0.3) is 0 Å². The van der Waals surface area contributed by atoms with Gasteiger partial charge in [-0.2, -0.15) is 0 Å². The normalized spacial score (nSPS) is 17.0. The zero-order valence-electron chi connectivity index (χ0n) is 13.0. The third-order valence-electron chi connectivity index (χ3n) is 3.73. The van der Waals surface area contributed by atoms with Crippen molar-refractivity contribution < 1.29 is 9.53 Å². The second-order valence-corrected chi connectivity index (χ2v) is 7.22. The number of hydrogen-bond donors (Lipinski definition) is 1. The average Bonchev–Trinajstić information content (AvgIpc) is 3.07. The Morgan fingerprint density at radius 2 is 2.04 bits per heavy atom. The number of urea groups is 1. The molecule has 2 aromatic rings. The number of carbonyl (C=O) groups is 1. The number of rotatable bonds is 3. The molecule has 126 valence electrons. The molecule has 7 heteroatoms. The highest BCUT2D eigenvalue weighted by atomic mass is 35.5. The number of halogens is 2. The first kappa shape index (κ1) is 17.3. The molecule has 1 aliphatic heterocycles. The second kappa shape index (κ2) is 7.55. The van der Waals surface area contributed by atoms with E-state index in [1.54, 1.807) is 42.0 Å². The lowest BCUT2D eigenvalue weighted by Gasteiger charge is -2.25. The van der Waals surface area contributed by atoms with Crippen LogP contribution in [0.4, 0.5) is 10.5 Å². The molecule has 1 heterocycles. The third-order valence-corrected chi connectivity index (χ3v) is 5.71. The zero-order valence-corrected chi connectivity index (χ0v) is 15.3. The van der Waals surface area contributed by atoms with Gasteiger partial charge in [-0.05, 0) is 24.3 Å². The first-order chi connectivity index (χ1) is 11.6. The standard InChI is InChI=1S/C17H16Cl2N2O2S/c1-23-15-5-3-2-4-12(15)16-21(8-9-24-16)17(22)20-11-6-7-13(18)14(19)10-11/h2-7,10,16H,8-9H2,1H3,(H,20,22)/t16-/m0/s1. The molecule has 0 bridgehead atoms. The summed E-state index contributed by atoms with van der Waals surface area (Å²) in [4.78, 5) is 14.5. The molecule has 0 aromatic heterocycles. The van der Waals surface area contributed by atoms with Gasteiger partial charge in [-0.1, -0.05) is 41.4 Å². The lowest BCUT2D eigenvalue weighted by Crippen LogP contribution is -2.34. The van der Waals surface area contributed by atoms with E-state index >= 15 is 0 Å². The van der Waals surface area contributed by atoms with Gasteiger partial charge >= 0.3 is 6.03 Å². The lowest BCUT2D eigenvalue weighted by molar-refractivity contribution is 0.213. The van der Waals surface area contributed by atoms with Gasteiger partial charge in [0.25, 0.3) is 0 Å². The van der Waals surface area contributed by atoms with Crippen molar-refractivity contribution in [2.45, 2.75) is 5.37 Å². The Kier molecular flexibility index (Phi) is 5.43. The van der Waals surface area contributed by atoms with Crippen molar-refractivity contribution in [1.29, 1.82) is 0 Å². The first-order valence-corrected chi connectivity index (χ1v) is 9.18. The summed E-state index contributed by atoms with van der Waals surface area (Å²) in [6.45, 7) is 0.667. The van der Waals surface area contributed by atoms with Gasteiger partial charge in [0.05, 0.1) is 17.2 Å². The van der Waals surface area contributed by atoms with Crippen LogP contribution in [-0.4, -0.2) is 30.3 Å². The van der Waals surface area contributed by atoms with Gasteiger partial charge < -0.3 is 15.0 Å². The number of ether oxygens (including phenoxy) is 1. The lowest BCUT2D eigenvalue weighted by atomic mass is 10.2. The van der Waals surface area contributed by atoms with E-state index in [2.05, 4.69) is 5.32 Å². The number of benzene rings is 2. The Labute approximate surface area is 155 Å². The van der Waals surface area contributed by atoms with E-state index in [1.807, 2.05) is 24.3 Å². The Balaban J connectivity index is 1.79. The SMILES string of the molecule is COc1ccccc1[C@@H]1SCCN1C(=O)Nc1ccc(Cl)c(Cl)c1. The largest absolute Gasteiger partial charge is 0.496 e. The summed E-state index contributed by atoms with van der Waals surface area (Å²) in [5.74, 6) is 1.65. The highest BCUT2D eigenvalue weighted by molar-refractivity contribution is 7.99. The number of amides is 2. The van der Waals surface area contributed by atoms with Crippen LogP contribution in [0.5, 0.6) is 5.75 Å². The number of thioether (sulfide) groups is 1. The molecular formula is C17H16Cl2N2O2S. The van der Waals surface area contributed by atoms with Crippen molar-refractivity contribution in [2.24, 2.45) is 0 Å². The third kappa shape index (κ3) is 3.58. The van der Waals surface area contributed by atoms with Crippen LogP contribution < -0.4 is 10.1 Å². The van der Waals surface area contributed by atoms with E-state index in [-0.39, 0.29) is 11.4 Å². The van der Waals surface area contributed by atoms with Gasteiger partial charge in [0, 0.05) is 23.5 Å². The van der Waals surface area contributed by atoms with Crippen LogP contribution in [0.2, 0.25) is 10.0 Å². The molecule has 0 unspecified atom stereocenters. The minimum Gasteiger partial charge on any atom is -0.496 e. The molecule has 0 saturated carbocycles. The number of hydrogen-bond acceptors (Lipinski definition) is 3. The van der Waals surface area contributed by atoms with Gasteiger partial charge in [-0.25, -0.2) is 4.79 Å². The molecule has 24 heavy (non-hydrogen) atoms. The summed E-state index contributed by atoms with van der Waals surface area (Å²) < 4.78 is 5.43. The monoisotopic (exact) mass is 382 g/mol. The summed E-state index contributed by atoms with van der Waals surface area (Å²) in [5.41, 5.74) is 1.61. The van der Waals surface area contributed by atoms with Crippen molar-refractivity contribution in [3.8, 4) is 5.75 Å². The number of nitrogens with one attached hydrogen (secondary N) is 1. The molecule has 1 atom stereocenters. The summed E-state index contributed by atoms with van der Waals surface area (Å²) >= 11 is 13.6. The number of carbonyl (C=O) groups excluding carboxylic acids is 1. The molecule has 0 aliphatic carbocycles. The molecular weight excluding hydrogens is 367 g/mol. The minimum absolute atomic E-state index is 0.0797. The van der Waals surface area contributed by atoms with Gasteiger partial charge in [-0.15, -0.1) is 11.8 Å². The van der Waals surface area contributed by atoms with E-state index in [9.17, 15) is 4.79 Å². The van der Waals surface area contributed by atoms with Crippen molar-refractivity contribution in [3.05, 3.63) is 58.1 Å². The molecule has 0 spiro atoms. The maximum absolute atomic E-state index is 12.7. The van der Waals surface area contributed by atoms with E-state index in [1.165, 1.54) is 0 Å². The fourth-order valence-corrected chi connectivity index (χ4v) is 4.15. The van der Waals surface area contributed by atoms with Gasteiger partial charge in [0.15, 0.2) is 0 Å². The number of anilines is 1. The quantitative estimate of drug-likeness (QED) is 0.784. The van der Waals surface area contributed by atoms with Crippen LogP contribution in [0.15, 0.2) is 42.5 Å². The van der Waals surface area contributed by atoms with Crippen molar-refractivity contribution in [1.82, 2.24) is 4.90 Å². The van der Waals surface area contributed by atoms with Crippen LogP contribution in [-0.2, 0) is 0 Å². The second-order valence-electron chi connectivity index (χ2n) is 5.22. The molecule has 2 aromatic carbocycles. The van der Waals surface area contributed by atoms with Crippen molar-refractivity contribution in [3.63, 3.8) is 0 Å². The number of para-hydroxylation sites is 1. The number of methoxy groups -OCH3 is 1. The molecule has 1 N–H and O–H groups in total. The Morgan fingerprint density at radius 1 is 1.25 bits per heavy atom. The maximum atomic E-state index is 12.7. The van der Waals surface area contributed by atoms with Crippen LogP contribution in [0.1, 0.15) is 10.9 Å². The highest BCUT2D eigenvalue weighted by Crippen LogP contribution is 2.42. The average molecular weight is 383 g/mol. The molecule has 4 nitrogen and oxygen atoms in total. The molecule has 1 aliphatic rings. The van der Waals surface area contributed by atoms with Crippen LogP contribution in [0.3, 0.4) is 0 Å². The first-order valence-electron chi connectivity index (χ1n) is 7.37. The molecule has 3 rings (SSSR count). The Bertz CT molecular complexity index is 757. The summed E-state index contributed by atoms with van der Waals surface area (Å²) in [5, 5.41) is 3.66. The fraction of sp³-hybridized carbons (Fsp3) is 0.235. The fourth-order valence-electron chi connectivity index (χ4n) is 2.58. The predicted molar refractivity (Wildman–Crippen MR) is 100 cm³/mol. The molecule has 1 fully saturated rings. The van der Waals surface area contributed by atoms with Crippen LogP contribution in [0, 0.1) is 0 Å². The Hall–Kier alpha value is -1.56. The van der Waals surface area contributed by atoms with E-state index in [0.717, 1.165) is 17.1 Å². The maximum Gasteiger partial charge on any atom is 0.323 e. The predicted octanol–water partition coefficient (Wildman–Crippen LogP) is 5.28. The van der Waals surface area contributed by atoms with Crippen LogP contribution >= 0.6 is 35.0 Å². The van der Waals surface area contributed by atoms with Gasteiger partial charge in [0.2, 0.25) is 0 Å². The van der Waals surface area contributed by atoms with Gasteiger partial charge in [0.1, 0.15) is 11.1 Å². The zero-order chi connectivity index (χ0) is 17.1. The van der Waals surface area contributed by atoms with Crippen molar-refractivity contribution in [2.75, 3.05) is 24.7 Å². The molecule has 1 saturated heterocycles. The summed E-state index contributed by atoms with van der Waals surface area (Å²) in [7, 11) is 1.64. The Morgan fingerprint density at radius 3 is 2.79 bits per heavy atom. The topological polar surface area (TPSA) is 41.6 Å². The summed E-state index contributed by atoms with van der Waals surface area (Å²) in [6, 6.07) is 12.6. The van der Waals surface area contributed by atoms with E-state index < -0.39 is 0 Å². The molecule has 2 amide bonds. The van der Waals surface area contributed by atoms with E-state index in [0.29, 0.717) is 22.3 Å². The highest BCUT2D eigenvalue weighted by Gasteiger charge is 2.32. The smallest absolute Gasteiger partial charge is 0.323 e. The molecule has 0 radical (unpaired) electrons. The van der Waals surface area contributed by atoms with E-state index in [4.69, 9.17) is 27.9 Å². The number of nitrogens with zero attached hydrogens (tertiary/aromatic N) is 1. The minimum atomic E-state index is -0.172. The summed E-state index contributed by atoms with van der Waals surface area (Å²) in [6.07, 6.45) is 0. The van der Waals surface area contributed by atoms with Gasteiger partial charge in [-0.3, -0.25) is 0 Å². The van der Waals surface area contributed by atoms with Crippen molar-refractivity contribution >= 4 is 46.7 Å².